The number of rotatable bonds is 4. The van der Waals surface area contributed by atoms with Gasteiger partial charge in [-0.25, -0.2) is 4.79 Å². The van der Waals surface area contributed by atoms with E-state index in [4.69, 9.17) is 9.47 Å². The van der Waals surface area contributed by atoms with Gasteiger partial charge in [-0.05, 0) is 54.4 Å². The summed E-state index contributed by atoms with van der Waals surface area (Å²) in [7, 11) is 0. The highest BCUT2D eigenvalue weighted by Gasteiger charge is 2.27. The quantitative estimate of drug-likeness (QED) is 0.550. The molecule has 0 atom stereocenters. The molecule has 1 aromatic carbocycles. The number of benzene rings is 1. The van der Waals surface area contributed by atoms with E-state index < -0.39 is 24.5 Å². The van der Waals surface area contributed by atoms with E-state index in [2.05, 4.69) is 20.7 Å². The number of hydrogen-bond donors (Lipinski definition) is 0. The van der Waals surface area contributed by atoms with Crippen molar-refractivity contribution in [2.24, 2.45) is 0 Å². The van der Waals surface area contributed by atoms with E-state index >= 15 is 0 Å². The lowest BCUT2D eigenvalue weighted by Crippen LogP contribution is -2.26. The van der Waals surface area contributed by atoms with E-state index in [0.29, 0.717) is 10.0 Å². The summed E-state index contributed by atoms with van der Waals surface area (Å²) in [6.07, 6.45) is -5.29. The lowest BCUT2D eigenvalue weighted by molar-refractivity contribution is -0.176. The van der Waals surface area contributed by atoms with Crippen molar-refractivity contribution in [1.29, 1.82) is 0 Å². The van der Waals surface area contributed by atoms with Gasteiger partial charge in [0.2, 0.25) is 0 Å². The number of alkyl halides is 3. The van der Waals surface area contributed by atoms with Crippen LogP contribution in [0.5, 0.6) is 5.75 Å². The van der Waals surface area contributed by atoms with Gasteiger partial charge in [-0.3, -0.25) is 0 Å². The molecule has 22 heavy (non-hydrogen) atoms. The summed E-state index contributed by atoms with van der Waals surface area (Å²) in [6, 6.07) is 4.51. The molecule has 0 radical (unpaired) electrons. The van der Waals surface area contributed by atoms with Gasteiger partial charge in [0.15, 0.2) is 0 Å². The van der Waals surface area contributed by atoms with Crippen LogP contribution in [-0.2, 0) is 16.1 Å². The maximum absolute atomic E-state index is 12.0. The summed E-state index contributed by atoms with van der Waals surface area (Å²) >= 11 is 3.18. The number of carbonyl (C=O) groups excluding carboxylic acids is 1. The molecule has 1 aromatic rings. The average molecular weight is 385 g/mol. The number of ether oxygens (including phenoxy) is 3. The Labute approximate surface area is 134 Å². The third kappa shape index (κ3) is 7.65. The van der Waals surface area contributed by atoms with E-state index in [9.17, 15) is 18.0 Å². The minimum atomic E-state index is -4.38. The summed E-state index contributed by atoms with van der Waals surface area (Å²) in [5, 5.41) is 0. The molecular weight excluding hydrogens is 369 g/mol. The molecule has 0 spiro atoms. The second kappa shape index (κ2) is 7.32. The van der Waals surface area contributed by atoms with Crippen molar-refractivity contribution >= 4 is 22.1 Å². The molecule has 0 heterocycles. The highest BCUT2D eigenvalue weighted by molar-refractivity contribution is 9.10. The molecule has 0 fully saturated rings. The first kappa shape index (κ1) is 18.8. The molecule has 0 saturated heterocycles. The van der Waals surface area contributed by atoms with Gasteiger partial charge in [0.25, 0.3) is 0 Å². The van der Waals surface area contributed by atoms with Crippen LogP contribution < -0.4 is 4.74 Å². The van der Waals surface area contributed by atoms with Gasteiger partial charge in [-0.1, -0.05) is 6.07 Å². The van der Waals surface area contributed by atoms with Crippen LogP contribution in [0.4, 0.5) is 18.0 Å². The first-order valence-corrected chi connectivity index (χ1v) is 7.09. The second-order valence-electron chi connectivity index (χ2n) is 5.44. The summed E-state index contributed by atoms with van der Waals surface area (Å²) in [6.45, 7) is 3.46. The van der Waals surface area contributed by atoms with Crippen LogP contribution in [0, 0.1) is 0 Å². The highest BCUT2D eigenvalue weighted by atomic mass is 79.9. The Hall–Kier alpha value is -1.28. The summed E-state index contributed by atoms with van der Waals surface area (Å²) < 4.78 is 51.1. The van der Waals surface area contributed by atoms with Crippen molar-refractivity contribution in [3.05, 3.63) is 28.2 Å². The Morgan fingerprint density at radius 2 is 1.86 bits per heavy atom. The fraction of sp³-hybridized carbons (Fsp3) is 0.500. The predicted octanol–water partition coefficient (Wildman–Crippen LogP) is 4.84. The minimum absolute atomic E-state index is 0.141. The molecule has 0 N–H and O–H groups in total. The summed E-state index contributed by atoms with van der Waals surface area (Å²) in [4.78, 5) is 11.6. The third-order valence-electron chi connectivity index (χ3n) is 2.11. The monoisotopic (exact) mass is 384 g/mol. The van der Waals surface area contributed by atoms with Crippen LogP contribution in [0.15, 0.2) is 22.7 Å². The van der Waals surface area contributed by atoms with E-state index in [1.165, 1.54) is 6.07 Å². The summed E-state index contributed by atoms with van der Waals surface area (Å²) in [5.74, 6) is 0.141. The fourth-order valence-corrected chi connectivity index (χ4v) is 1.69. The summed E-state index contributed by atoms with van der Waals surface area (Å²) in [5.41, 5.74) is -0.275. The molecule has 0 aliphatic carbocycles. The fourth-order valence-electron chi connectivity index (χ4n) is 1.36. The number of carbonyl (C=O) groups is 1. The van der Waals surface area contributed by atoms with Gasteiger partial charge in [0.05, 0.1) is 11.1 Å². The Kier molecular flexibility index (Phi) is 6.25. The third-order valence-corrected chi connectivity index (χ3v) is 2.77. The van der Waals surface area contributed by atoms with E-state index in [1.807, 2.05) is 0 Å². The van der Waals surface area contributed by atoms with Crippen LogP contribution in [0.1, 0.15) is 26.3 Å². The molecule has 0 saturated carbocycles. The predicted molar refractivity (Wildman–Crippen MR) is 76.7 cm³/mol. The second-order valence-corrected chi connectivity index (χ2v) is 6.29. The molecule has 0 amide bonds. The van der Waals surface area contributed by atoms with Crippen molar-refractivity contribution in [1.82, 2.24) is 0 Å². The van der Waals surface area contributed by atoms with Crippen molar-refractivity contribution in [2.75, 3.05) is 6.61 Å². The van der Waals surface area contributed by atoms with Gasteiger partial charge in [-0.15, -0.1) is 0 Å². The van der Waals surface area contributed by atoms with E-state index in [1.54, 1.807) is 32.9 Å². The SMILES string of the molecule is CC(C)(C)OC(=O)Oc1cc(COCC(F)(F)F)ccc1Br. The molecule has 1 rings (SSSR count). The van der Waals surface area contributed by atoms with Crippen LogP contribution in [0.2, 0.25) is 0 Å². The zero-order valence-electron chi connectivity index (χ0n) is 12.3. The van der Waals surface area contributed by atoms with Crippen molar-refractivity contribution in [3.63, 3.8) is 0 Å². The molecule has 0 aliphatic rings. The lowest BCUT2D eigenvalue weighted by Gasteiger charge is -2.19. The standard InChI is InChI=1S/C14H16BrF3O4/c1-13(2,3)22-12(19)21-11-6-9(4-5-10(11)15)7-20-8-14(16,17)18/h4-6H,7-8H2,1-3H3. The zero-order valence-corrected chi connectivity index (χ0v) is 13.9. The molecule has 0 unspecified atom stereocenters. The Balaban J connectivity index is 2.68. The Morgan fingerprint density at radius 1 is 1.23 bits per heavy atom. The Morgan fingerprint density at radius 3 is 2.41 bits per heavy atom. The molecule has 0 aromatic heterocycles. The van der Waals surface area contributed by atoms with E-state index in [0.717, 1.165) is 0 Å². The largest absolute Gasteiger partial charge is 0.514 e. The number of hydrogen-bond acceptors (Lipinski definition) is 4. The molecule has 124 valence electrons. The van der Waals surface area contributed by atoms with Gasteiger partial charge in [0, 0.05) is 0 Å². The first-order valence-electron chi connectivity index (χ1n) is 6.30. The smallest absolute Gasteiger partial charge is 0.428 e. The normalized spacial score (nSPS) is 12.1. The highest BCUT2D eigenvalue weighted by Crippen LogP contribution is 2.27. The average Bonchev–Trinajstić information content (AvgIpc) is 2.29. The Bertz CT molecular complexity index is 524. The molecule has 0 bridgehead atoms. The van der Waals surface area contributed by atoms with Crippen LogP contribution in [0.3, 0.4) is 0 Å². The van der Waals surface area contributed by atoms with Crippen molar-refractivity contribution < 1.29 is 32.2 Å². The molecule has 0 aliphatic heterocycles. The zero-order chi connectivity index (χ0) is 17.0. The van der Waals surface area contributed by atoms with Gasteiger partial charge < -0.3 is 14.2 Å². The van der Waals surface area contributed by atoms with E-state index in [-0.39, 0.29) is 12.4 Å². The van der Waals surface area contributed by atoms with Gasteiger partial charge in [0.1, 0.15) is 18.0 Å². The maximum atomic E-state index is 12.0. The molecule has 4 nitrogen and oxygen atoms in total. The van der Waals surface area contributed by atoms with Crippen LogP contribution in [-0.4, -0.2) is 24.5 Å². The lowest BCUT2D eigenvalue weighted by atomic mass is 10.2. The first-order chi connectivity index (χ1) is 9.96. The molecular formula is C14H16BrF3O4. The van der Waals surface area contributed by atoms with Gasteiger partial charge >= 0.3 is 12.3 Å². The van der Waals surface area contributed by atoms with Crippen molar-refractivity contribution in [2.45, 2.75) is 39.2 Å². The van der Waals surface area contributed by atoms with Crippen LogP contribution in [0.25, 0.3) is 0 Å². The topological polar surface area (TPSA) is 44.8 Å². The van der Waals surface area contributed by atoms with Gasteiger partial charge in [-0.2, -0.15) is 13.2 Å². The van der Waals surface area contributed by atoms with Crippen molar-refractivity contribution in [3.8, 4) is 5.75 Å². The maximum Gasteiger partial charge on any atom is 0.514 e. The molecule has 8 heteroatoms. The van der Waals surface area contributed by atoms with Crippen LogP contribution >= 0.6 is 15.9 Å². The number of halogens is 4. The minimum Gasteiger partial charge on any atom is -0.428 e.